The maximum Gasteiger partial charge on any atom is 0.191 e. The summed E-state index contributed by atoms with van der Waals surface area (Å²) in [5.74, 6) is 0.933. The van der Waals surface area contributed by atoms with Crippen LogP contribution in [0.5, 0.6) is 0 Å². The van der Waals surface area contributed by atoms with Gasteiger partial charge in [-0.3, -0.25) is 0 Å². The summed E-state index contributed by atoms with van der Waals surface area (Å²) >= 11 is 0. The number of rotatable bonds is 1. The Hall–Kier alpha value is -2.04. The summed E-state index contributed by atoms with van der Waals surface area (Å²) in [4.78, 5) is 11.3. The van der Waals surface area contributed by atoms with Gasteiger partial charge in [-0.15, -0.1) is 0 Å². The highest BCUT2D eigenvalue weighted by Crippen LogP contribution is 2.18. The molecule has 0 spiro atoms. The first-order valence-electron chi connectivity index (χ1n) is 4.21. The monoisotopic (exact) mass is 189 g/mol. The lowest BCUT2D eigenvalue weighted by Gasteiger charge is -1.94. The van der Waals surface area contributed by atoms with Crippen molar-refractivity contribution in [2.75, 3.05) is 0 Å². The highest BCUT2D eigenvalue weighted by atomic mass is 15.0. The molecule has 0 saturated heterocycles. The van der Waals surface area contributed by atoms with Crippen LogP contribution in [-0.2, 0) is 0 Å². The maximum atomic E-state index is 5.28. The zero-order valence-corrected chi connectivity index (χ0v) is 7.78. The van der Waals surface area contributed by atoms with Crippen molar-refractivity contribution in [1.29, 1.82) is 0 Å². The van der Waals surface area contributed by atoms with Gasteiger partial charge in [-0.1, -0.05) is 0 Å². The van der Waals surface area contributed by atoms with Crippen molar-refractivity contribution < 1.29 is 0 Å². The molecule has 1 aromatic carbocycles. The molecule has 2 rings (SSSR count). The van der Waals surface area contributed by atoms with Crippen LogP contribution in [0.2, 0.25) is 0 Å². The molecule has 0 aliphatic rings. The number of fused-ring (bicyclic) bond motifs is 1. The predicted molar refractivity (Wildman–Crippen MR) is 56.3 cm³/mol. The lowest BCUT2D eigenvalue weighted by molar-refractivity contribution is 1.17. The van der Waals surface area contributed by atoms with Crippen molar-refractivity contribution in [1.82, 2.24) is 9.97 Å². The Morgan fingerprint density at radius 2 is 2.21 bits per heavy atom. The number of hydrogen-bond donors (Lipinski definition) is 3. The molecule has 0 fully saturated rings. The number of imidazole rings is 1. The number of aromatic nitrogens is 2. The molecule has 0 aliphatic carbocycles. The molecule has 5 heteroatoms. The lowest BCUT2D eigenvalue weighted by atomic mass is 10.3. The van der Waals surface area contributed by atoms with Crippen LogP contribution in [0.15, 0.2) is 23.2 Å². The number of guanidine groups is 1. The number of nitrogens with zero attached hydrogens (tertiary/aromatic N) is 2. The topological polar surface area (TPSA) is 93.1 Å². The van der Waals surface area contributed by atoms with Crippen LogP contribution >= 0.6 is 0 Å². The normalized spacial score (nSPS) is 10.4. The third-order valence-electron chi connectivity index (χ3n) is 1.84. The predicted octanol–water partition coefficient (Wildman–Crippen LogP) is 0.776. The molecule has 5 nitrogen and oxygen atoms in total. The van der Waals surface area contributed by atoms with Gasteiger partial charge in [0.05, 0.1) is 16.7 Å². The van der Waals surface area contributed by atoms with Gasteiger partial charge in [-0.05, 0) is 25.1 Å². The molecule has 1 heterocycles. The van der Waals surface area contributed by atoms with E-state index in [1.165, 1.54) is 0 Å². The Bertz CT molecular complexity index is 493. The van der Waals surface area contributed by atoms with E-state index in [2.05, 4.69) is 15.0 Å². The molecule has 2 aromatic rings. The molecule has 72 valence electrons. The summed E-state index contributed by atoms with van der Waals surface area (Å²) in [5.41, 5.74) is 13.1. The minimum Gasteiger partial charge on any atom is -0.370 e. The van der Waals surface area contributed by atoms with E-state index in [1.807, 2.05) is 25.1 Å². The van der Waals surface area contributed by atoms with E-state index < -0.39 is 0 Å². The van der Waals surface area contributed by atoms with Crippen molar-refractivity contribution in [3.05, 3.63) is 24.0 Å². The highest BCUT2D eigenvalue weighted by molar-refractivity contribution is 5.83. The van der Waals surface area contributed by atoms with Gasteiger partial charge in [-0.25, -0.2) is 9.98 Å². The van der Waals surface area contributed by atoms with E-state index in [1.54, 1.807) is 0 Å². The molecule has 0 saturated carbocycles. The van der Waals surface area contributed by atoms with E-state index in [4.69, 9.17) is 11.5 Å². The number of H-pyrrole nitrogens is 1. The molecule has 5 N–H and O–H groups in total. The smallest absolute Gasteiger partial charge is 0.191 e. The van der Waals surface area contributed by atoms with Crippen LogP contribution in [0, 0.1) is 6.92 Å². The van der Waals surface area contributed by atoms with Gasteiger partial charge in [0, 0.05) is 0 Å². The number of aliphatic imine (C=N–C) groups is 1. The average Bonchev–Trinajstić information content (AvgIpc) is 2.42. The van der Waals surface area contributed by atoms with Crippen LogP contribution in [0.4, 0.5) is 5.69 Å². The molecule has 1 aromatic heterocycles. The number of nitrogens with one attached hydrogen (secondary N) is 1. The van der Waals surface area contributed by atoms with Gasteiger partial charge in [0.2, 0.25) is 0 Å². The van der Waals surface area contributed by atoms with Crippen molar-refractivity contribution in [2.24, 2.45) is 16.5 Å². The fraction of sp³-hybridized carbons (Fsp3) is 0.111. The van der Waals surface area contributed by atoms with E-state index in [9.17, 15) is 0 Å². The summed E-state index contributed by atoms with van der Waals surface area (Å²) in [6.45, 7) is 1.90. The largest absolute Gasteiger partial charge is 0.370 e. The van der Waals surface area contributed by atoms with Crippen molar-refractivity contribution in [3.63, 3.8) is 0 Å². The minimum atomic E-state index is 0.0561. The van der Waals surface area contributed by atoms with Crippen LogP contribution in [0.25, 0.3) is 11.0 Å². The van der Waals surface area contributed by atoms with Gasteiger partial charge in [0.25, 0.3) is 0 Å². The summed E-state index contributed by atoms with van der Waals surface area (Å²) in [6.07, 6.45) is 0. The zero-order chi connectivity index (χ0) is 10.1. The fourth-order valence-corrected chi connectivity index (χ4v) is 1.34. The molecule has 0 amide bonds. The van der Waals surface area contributed by atoms with Gasteiger partial charge in [0.15, 0.2) is 5.96 Å². The Morgan fingerprint density at radius 1 is 1.43 bits per heavy atom. The third kappa shape index (κ3) is 1.52. The minimum absolute atomic E-state index is 0.0561. The zero-order valence-electron chi connectivity index (χ0n) is 7.78. The SMILES string of the molecule is Cc1nc2ccc(N=C(N)N)cc2[nH]1. The second-order valence-corrected chi connectivity index (χ2v) is 3.06. The first-order chi connectivity index (χ1) is 6.65. The molecular formula is C9H11N5. The van der Waals surface area contributed by atoms with Gasteiger partial charge >= 0.3 is 0 Å². The van der Waals surface area contributed by atoms with Gasteiger partial charge in [-0.2, -0.15) is 0 Å². The first-order valence-corrected chi connectivity index (χ1v) is 4.21. The molecule has 0 atom stereocenters. The Kier molecular flexibility index (Phi) is 1.85. The Labute approximate surface area is 80.8 Å². The number of benzene rings is 1. The van der Waals surface area contributed by atoms with E-state index >= 15 is 0 Å². The van der Waals surface area contributed by atoms with Gasteiger partial charge < -0.3 is 16.5 Å². The standard InChI is InChI=1S/C9H11N5/c1-5-12-7-3-2-6(14-9(10)11)4-8(7)13-5/h2-4H,1H3,(H,12,13)(H4,10,11,14). The molecule has 0 bridgehead atoms. The van der Waals surface area contributed by atoms with Crippen molar-refractivity contribution >= 4 is 22.7 Å². The maximum absolute atomic E-state index is 5.28. The summed E-state index contributed by atoms with van der Waals surface area (Å²) in [7, 11) is 0. The molecular weight excluding hydrogens is 178 g/mol. The number of nitrogens with two attached hydrogens (primary N) is 2. The number of hydrogen-bond acceptors (Lipinski definition) is 2. The quantitative estimate of drug-likeness (QED) is 0.457. The van der Waals surface area contributed by atoms with E-state index in [-0.39, 0.29) is 5.96 Å². The van der Waals surface area contributed by atoms with Gasteiger partial charge in [0.1, 0.15) is 5.82 Å². The second kappa shape index (κ2) is 3.02. The molecule has 0 aliphatic heterocycles. The van der Waals surface area contributed by atoms with Crippen LogP contribution in [0.3, 0.4) is 0 Å². The van der Waals surface area contributed by atoms with Crippen molar-refractivity contribution in [2.45, 2.75) is 6.92 Å². The molecule has 0 unspecified atom stereocenters. The van der Waals surface area contributed by atoms with E-state index in [0.29, 0.717) is 0 Å². The second-order valence-electron chi connectivity index (χ2n) is 3.06. The molecule has 0 radical (unpaired) electrons. The number of aromatic amines is 1. The Morgan fingerprint density at radius 3 is 2.93 bits per heavy atom. The Balaban J connectivity index is 2.56. The van der Waals surface area contributed by atoms with Crippen LogP contribution in [0.1, 0.15) is 5.82 Å². The fourth-order valence-electron chi connectivity index (χ4n) is 1.34. The lowest BCUT2D eigenvalue weighted by Crippen LogP contribution is -2.21. The first kappa shape index (κ1) is 8.55. The van der Waals surface area contributed by atoms with Crippen LogP contribution < -0.4 is 11.5 Å². The third-order valence-corrected chi connectivity index (χ3v) is 1.84. The average molecular weight is 189 g/mol. The number of aryl methyl sites for hydroxylation is 1. The molecule has 14 heavy (non-hydrogen) atoms. The summed E-state index contributed by atoms with van der Waals surface area (Å²) in [6, 6.07) is 5.55. The van der Waals surface area contributed by atoms with Crippen LogP contribution in [-0.4, -0.2) is 15.9 Å². The van der Waals surface area contributed by atoms with Crippen molar-refractivity contribution in [3.8, 4) is 0 Å². The highest BCUT2D eigenvalue weighted by Gasteiger charge is 1.99. The summed E-state index contributed by atoms with van der Waals surface area (Å²) < 4.78 is 0. The van der Waals surface area contributed by atoms with E-state index in [0.717, 1.165) is 22.5 Å². The summed E-state index contributed by atoms with van der Waals surface area (Å²) in [5, 5.41) is 0.